The third-order valence-electron chi connectivity index (χ3n) is 3.26. The largest absolute Gasteiger partial charge is 0.314 e. The molecule has 1 saturated heterocycles. The molecule has 0 aromatic heterocycles. The summed E-state index contributed by atoms with van der Waals surface area (Å²) in [6.45, 7) is 5.52. The van der Waals surface area contributed by atoms with E-state index in [4.69, 9.17) is 0 Å². The maximum Gasteiger partial charge on any atom is 0.240 e. The van der Waals surface area contributed by atoms with Crippen molar-refractivity contribution in [1.82, 2.24) is 14.9 Å². The summed E-state index contributed by atoms with van der Waals surface area (Å²) in [7, 11) is -3.40. The molecular formula is C13H20BrN3O2S. The first-order chi connectivity index (χ1) is 9.58. The van der Waals surface area contributed by atoms with Gasteiger partial charge in [-0.2, -0.15) is 0 Å². The van der Waals surface area contributed by atoms with Crippen LogP contribution in [0.3, 0.4) is 0 Å². The van der Waals surface area contributed by atoms with Gasteiger partial charge >= 0.3 is 0 Å². The van der Waals surface area contributed by atoms with Crippen LogP contribution in [0.2, 0.25) is 0 Å². The van der Waals surface area contributed by atoms with Crippen LogP contribution in [0.15, 0.2) is 33.6 Å². The maximum absolute atomic E-state index is 12.1. The third-order valence-corrected chi connectivity index (χ3v) is 5.21. The molecule has 0 aliphatic carbocycles. The summed E-state index contributed by atoms with van der Waals surface area (Å²) in [4.78, 5) is 2.65. The number of nitrogens with zero attached hydrogens (tertiary/aromatic N) is 1. The zero-order valence-electron chi connectivity index (χ0n) is 11.3. The first-order valence-electron chi connectivity index (χ1n) is 6.76. The van der Waals surface area contributed by atoms with Crippen LogP contribution >= 0.6 is 15.9 Å². The summed E-state index contributed by atoms with van der Waals surface area (Å²) in [5.41, 5.74) is 0. The Bertz CT molecular complexity index is 530. The molecule has 7 heteroatoms. The molecule has 1 aliphatic heterocycles. The van der Waals surface area contributed by atoms with Crippen molar-refractivity contribution in [2.24, 2.45) is 0 Å². The van der Waals surface area contributed by atoms with E-state index >= 15 is 0 Å². The van der Waals surface area contributed by atoms with Gasteiger partial charge in [-0.25, -0.2) is 13.1 Å². The number of hydrogen-bond acceptors (Lipinski definition) is 4. The topological polar surface area (TPSA) is 61.4 Å². The number of sulfonamides is 1. The SMILES string of the molecule is O=S(=O)(NCCCN1CCNCC1)c1cccc(Br)c1. The van der Waals surface area contributed by atoms with Gasteiger partial charge < -0.3 is 10.2 Å². The Labute approximate surface area is 128 Å². The molecule has 20 heavy (non-hydrogen) atoms. The van der Waals surface area contributed by atoms with E-state index in [9.17, 15) is 8.42 Å². The van der Waals surface area contributed by atoms with Gasteiger partial charge in [0.15, 0.2) is 0 Å². The van der Waals surface area contributed by atoms with E-state index < -0.39 is 10.0 Å². The van der Waals surface area contributed by atoms with Crippen molar-refractivity contribution >= 4 is 26.0 Å². The molecule has 1 fully saturated rings. The van der Waals surface area contributed by atoms with Gasteiger partial charge in [-0.15, -0.1) is 0 Å². The van der Waals surface area contributed by atoms with Crippen LogP contribution < -0.4 is 10.0 Å². The molecule has 1 aromatic carbocycles. The summed E-state index contributed by atoms with van der Waals surface area (Å²) in [5, 5.41) is 3.30. The van der Waals surface area contributed by atoms with Crippen molar-refractivity contribution in [3.8, 4) is 0 Å². The molecule has 2 rings (SSSR count). The minimum atomic E-state index is -3.40. The fourth-order valence-electron chi connectivity index (χ4n) is 2.16. The zero-order valence-corrected chi connectivity index (χ0v) is 13.7. The van der Waals surface area contributed by atoms with Crippen LogP contribution in [0.5, 0.6) is 0 Å². The van der Waals surface area contributed by atoms with Crippen LogP contribution in [0, 0.1) is 0 Å². The lowest BCUT2D eigenvalue weighted by Gasteiger charge is -2.27. The van der Waals surface area contributed by atoms with Gasteiger partial charge in [0, 0.05) is 37.2 Å². The van der Waals surface area contributed by atoms with Crippen LogP contribution in [-0.4, -0.2) is 52.6 Å². The van der Waals surface area contributed by atoms with E-state index in [0.29, 0.717) is 11.4 Å². The molecule has 2 N–H and O–H groups in total. The van der Waals surface area contributed by atoms with Crippen LogP contribution in [-0.2, 0) is 10.0 Å². The van der Waals surface area contributed by atoms with Crippen LogP contribution in [0.25, 0.3) is 0 Å². The van der Waals surface area contributed by atoms with Crippen LogP contribution in [0.4, 0.5) is 0 Å². The number of benzene rings is 1. The molecule has 0 radical (unpaired) electrons. The quantitative estimate of drug-likeness (QED) is 0.742. The summed E-state index contributed by atoms with van der Waals surface area (Å²) < 4.78 is 27.6. The highest BCUT2D eigenvalue weighted by Crippen LogP contribution is 2.15. The number of halogens is 1. The van der Waals surface area contributed by atoms with E-state index in [2.05, 4.69) is 30.9 Å². The molecule has 5 nitrogen and oxygen atoms in total. The van der Waals surface area contributed by atoms with E-state index in [-0.39, 0.29) is 0 Å². The molecule has 0 saturated carbocycles. The van der Waals surface area contributed by atoms with E-state index in [1.807, 2.05) is 6.07 Å². The lowest BCUT2D eigenvalue weighted by atomic mass is 10.3. The maximum atomic E-state index is 12.1. The van der Waals surface area contributed by atoms with Crippen molar-refractivity contribution in [3.05, 3.63) is 28.7 Å². The van der Waals surface area contributed by atoms with Gasteiger partial charge in [-0.1, -0.05) is 22.0 Å². The average molecular weight is 362 g/mol. The second-order valence-corrected chi connectivity index (χ2v) is 7.48. The summed E-state index contributed by atoms with van der Waals surface area (Å²) >= 11 is 3.28. The molecule has 0 spiro atoms. The number of nitrogens with one attached hydrogen (secondary N) is 2. The second-order valence-electron chi connectivity index (χ2n) is 4.80. The lowest BCUT2D eigenvalue weighted by molar-refractivity contribution is 0.239. The Morgan fingerprint density at radius 3 is 2.75 bits per heavy atom. The van der Waals surface area contributed by atoms with Gasteiger partial charge in [-0.05, 0) is 31.2 Å². The first-order valence-corrected chi connectivity index (χ1v) is 9.04. The van der Waals surface area contributed by atoms with Crippen molar-refractivity contribution in [2.75, 3.05) is 39.3 Å². The highest BCUT2D eigenvalue weighted by molar-refractivity contribution is 9.10. The summed E-state index contributed by atoms with van der Waals surface area (Å²) in [5.74, 6) is 0. The fourth-order valence-corrected chi connectivity index (χ4v) is 3.83. The number of hydrogen-bond donors (Lipinski definition) is 2. The Morgan fingerprint density at radius 1 is 1.30 bits per heavy atom. The first kappa shape index (κ1) is 15.9. The second kappa shape index (κ2) is 7.51. The Kier molecular flexibility index (Phi) is 5.98. The van der Waals surface area contributed by atoms with Gasteiger partial charge in [0.25, 0.3) is 0 Å². The molecule has 0 unspecified atom stereocenters. The van der Waals surface area contributed by atoms with Gasteiger partial charge in [0.2, 0.25) is 10.0 Å². The Hall–Kier alpha value is -0.470. The molecule has 1 aliphatic rings. The van der Waals surface area contributed by atoms with Crippen molar-refractivity contribution in [2.45, 2.75) is 11.3 Å². The Morgan fingerprint density at radius 2 is 2.05 bits per heavy atom. The highest BCUT2D eigenvalue weighted by Gasteiger charge is 2.14. The normalized spacial score (nSPS) is 17.2. The lowest BCUT2D eigenvalue weighted by Crippen LogP contribution is -2.44. The molecule has 1 aromatic rings. The van der Waals surface area contributed by atoms with E-state index in [0.717, 1.165) is 43.6 Å². The van der Waals surface area contributed by atoms with Gasteiger partial charge in [-0.3, -0.25) is 0 Å². The number of piperazine rings is 1. The molecular weight excluding hydrogens is 342 g/mol. The fraction of sp³-hybridized carbons (Fsp3) is 0.538. The predicted octanol–water partition coefficient (Wildman–Crippen LogP) is 1.02. The third kappa shape index (κ3) is 4.82. The smallest absolute Gasteiger partial charge is 0.240 e. The monoisotopic (exact) mass is 361 g/mol. The summed E-state index contributed by atoms with van der Waals surface area (Å²) in [6.07, 6.45) is 0.827. The Balaban J connectivity index is 1.78. The van der Waals surface area contributed by atoms with Gasteiger partial charge in [0.05, 0.1) is 4.90 Å². The standard InChI is InChI=1S/C13H20BrN3O2S/c14-12-3-1-4-13(11-12)20(18,19)16-5-2-8-17-9-6-15-7-10-17/h1,3-4,11,15-16H,2,5-10H2. The molecule has 0 amide bonds. The highest BCUT2D eigenvalue weighted by atomic mass is 79.9. The minimum Gasteiger partial charge on any atom is -0.314 e. The molecule has 0 atom stereocenters. The van der Waals surface area contributed by atoms with Crippen LogP contribution in [0.1, 0.15) is 6.42 Å². The van der Waals surface area contributed by atoms with Crippen molar-refractivity contribution in [1.29, 1.82) is 0 Å². The molecule has 112 valence electrons. The number of rotatable bonds is 6. The van der Waals surface area contributed by atoms with Gasteiger partial charge in [0.1, 0.15) is 0 Å². The van der Waals surface area contributed by atoms with Crippen molar-refractivity contribution in [3.63, 3.8) is 0 Å². The van der Waals surface area contributed by atoms with Crippen molar-refractivity contribution < 1.29 is 8.42 Å². The molecule has 0 bridgehead atoms. The molecule has 1 heterocycles. The van der Waals surface area contributed by atoms with E-state index in [1.54, 1.807) is 18.2 Å². The predicted molar refractivity (Wildman–Crippen MR) is 83.3 cm³/mol. The minimum absolute atomic E-state index is 0.300. The summed E-state index contributed by atoms with van der Waals surface area (Å²) in [6, 6.07) is 6.74. The zero-order chi connectivity index (χ0) is 14.4. The average Bonchev–Trinajstić information content (AvgIpc) is 2.45. The van der Waals surface area contributed by atoms with E-state index in [1.165, 1.54) is 0 Å².